The molecular formula is C7H15O6P. The Labute approximate surface area is 82.7 Å². The van der Waals surface area contributed by atoms with Crippen LogP contribution in [0.3, 0.4) is 0 Å². The van der Waals surface area contributed by atoms with E-state index in [0.29, 0.717) is 0 Å². The molecule has 0 aromatic carbocycles. The van der Waals surface area contributed by atoms with Gasteiger partial charge in [-0.2, -0.15) is 0 Å². The van der Waals surface area contributed by atoms with Crippen LogP contribution in [0.2, 0.25) is 0 Å². The Morgan fingerprint density at radius 1 is 1.36 bits per heavy atom. The molecule has 0 aromatic heterocycles. The van der Waals surface area contributed by atoms with Gasteiger partial charge in [0.05, 0.1) is 19.2 Å². The molecule has 1 N–H and O–H groups in total. The summed E-state index contributed by atoms with van der Waals surface area (Å²) in [5.74, 6) is -0.534. The van der Waals surface area contributed by atoms with Crippen LogP contribution in [0.15, 0.2) is 0 Å². The van der Waals surface area contributed by atoms with Crippen LogP contribution in [0.5, 0.6) is 0 Å². The van der Waals surface area contributed by atoms with Crippen molar-refractivity contribution in [3.63, 3.8) is 0 Å². The maximum Gasteiger partial charge on any atom is 0.330 e. The predicted octanol–water partition coefficient (Wildman–Crippen LogP) is 0.398. The van der Waals surface area contributed by atoms with Crippen molar-refractivity contribution in [2.75, 3.05) is 33.6 Å². The molecule has 0 bridgehead atoms. The van der Waals surface area contributed by atoms with Gasteiger partial charge in [0.2, 0.25) is 0 Å². The molecule has 0 aliphatic carbocycles. The van der Waals surface area contributed by atoms with E-state index in [2.05, 4.69) is 13.8 Å². The van der Waals surface area contributed by atoms with Crippen LogP contribution in [-0.4, -0.2) is 44.7 Å². The first-order valence-corrected chi connectivity index (χ1v) is 5.78. The van der Waals surface area contributed by atoms with Gasteiger partial charge in [0.15, 0.2) is 0 Å². The van der Waals surface area contributed by atoms with Crippen molar-refractivity contribution < 1.29 is 28.3 Å². The molecule has 0 aliphatic heterocycles. The highest BCUT2D eigenvalue weighted by molar-refractivity contribution is 7.53. The number of hydrogen-bond donors (Lipinski definition) is 1. The summed E-state index contributed by atoms with van der Waals surface area (Å²) in [6.07, 6.45) is -0.0801. The van der Waals surface area contributed by atoms with Gasteiger partial charge in [0.1, 0.15) is 6.61 Å². The summed E-state index contributed by atoms with van der Waals surface area (Å²) in [4.78, 5) is 10.9. The minimum Gasteiger partial charge on any atom is -0.463 e. The molecule has 0 radical (unpaired) electrons. The van der Waals surface area contributed by atoms with Crippen LogP contribution in [0.4, 0.5) is 0 Å². The van der Waals surface area contributed by atoms with Gasteiger partial charge in [0.25, 0.3) is 0 Å². The largest absolute Gasteiger partial charge is 0.463 e. The van der Waals surface area contributed by atoms with Crippen LogP contribution in [0.1, 0.15) is 6.42 Å². The van der Waals surface area contributed by atoms with Gasteiger partial charge in [-0.05, 0) is 0 Å². The Morgan fingerprint density at radius 2 is 1.93 bits per heavy atom. The molecule has 0 rings (SSSR count). The van der Waals surface area contributed by atoms with Crippen molar-refractivity contribution in [1.82, 2.24) is 0 Å². The number of aliphatic hydroxyl groups excluding tert-OH is 1. The Bertz CT molecular complexity index is 208. The summed E-state index contributed by atoms with van der Waals surface area (Å²) in [5.41, 5.74) is 0. The van der Waals surface area contributed by atoms with Gasteiger partial charge in [-0.1, -0.05) is 0 Å². The minimum atomic E-state index is -3.13. The van der Waals surface area contributed by atoms with Crippen molar-refractivity contribution in [3.8, 4) is 0 Å². The van der Waals surface area contributed by atoms with E-state index in [-0.39, 0.29) is 25.8 Å². The zero-order chi connectivity index (χ0) is 11.0. The van der Waals surface area contributed by atoms with Gasteiger partial charge in [-0.25, -0.2) is 0 Å². The Balaban J connectivity index is 3.80. The van der Waals surface area contributed by atoms with Gasteiger partial charge < -0.3 is 18.9 Å². The van der Waals surface area contributed by atoms with Crippen LogP contribution in [0.25, 0.3) is 0 Å². The predicted molar refractivity (Wildman–Crippen MR) is 49.2 cm³/mol. The first-order chi connectivity index (χ1) is 6.58. The van der Waals surface area contributed by atoms with Crippen molar-refractivity contribution in [3.05, 3.63) is 0 Å². The lowest BCUT2D eigenvalue weighted by Gasteiger charge is -2.12. The van der Waals surface area contributed by atoms with Crippen molar-refractivity contribution >= 4 is 13.6 Å². The summed E-state index contributed by atoms with van der Waals surface area (Å²) in [6.45, 7) is -0.277. The Morgan fingerprint density at radius 3 is 2.36 bits per heavy atom. The highest BCUT2D eigenvalue weighted by Gasteiger charge is 2.22. The summed E-state index contributed by atoms with van der Waals surface area (Å²) in [5, 5.41) is 8.35. The fourth-order valence-electron chi connectivity index (χ4n) is 0.717. The number of carbonyl (C=O) groups excluding carboxylic acids is 1. The van der Waals surface area contributed by atoms with Crippen molar-refractivity contribution in [1.29, 1.82) is 0 Å². The molecule has 7 heteroatoms. The Kier molecular flexibility index (Phi) is 6.74. The molecule has 0 fully saturated rings. The molecule has 0 amide bonds. The van der Waals surface area contributed by atoms with Crippen LogP contribution < -0.4 is 0 Å². The number of hydrogen-bond acceptors (Lipinski definition) is 6. The Hall–Kier alpha value is -0.420. The molecule has 0 spiro atoms. The second kappa shape index (κ2) is 6.95. The fourth-order valence-corrected chi connectivity index (χ4v) is 1.69. The normalized spacial score (nSPS) is 11.4. The average molecular weight is 226 g/mol. The third-order valence-corrected chi connectivity index (χ3v) is 3.38. The van der Waals surface area contributed by atoms with Crippen molar-refractivity contribution in [2.24, 2.45) is 0 Å². The van der Waals surface area contributed by atoms with E-state index in [1.807, 2.05) is 0 Å². The monoisotopic (exact) mass is 226 g/mol. The zero-order valence-corrected chi connectivity index (χ0v) is 9.16. The quantitative estimate of drug-likeness (QED) is 0.499. The maximum atomic E-state index is 11.4. The molecule has 0 aromatic rings. The fraction of sp³-hybridized carbons (Fsp3) is 0.857. The molecular weight excluding hydrogens is 211 g/mol. The molecule has 0 saturated carbocycles. The van der Waals surface area contributed by atoms with E-state index in [1.54, 1.807) is 0 Å². The van der Waals surface area contributed by atoms with Gasteiger partial charge in [-0.3, -0.25) is 9.36 Å². The van der Waals surface area contributed by atoms with E-state index >= 15 is 0 Å². The second-order valence-electron chi connectivity index (χ2n) is 2.39. The molecule has 0 heterocycles. The zero-order valence-electron chi connectivity index (χ0n) is 8.26. The highest BCUT2D eigenvalue weighted by atomic mass is 31.2. The molecule has 0 atom stereocenters. The highest BCUT2D eigenvalue weighted by Crippen LogP contribution is 2.46. The first kappa shape index (κ1) is 13.6. The average Bonchev–Trinajstić information content (AvgIpc) is 2.23. The van der Waals surface area contributed by atoms with Crippen LogP contribution in [0, 0.1) is 0 Å². The molecule has 0 aliphatic rings. The van der Waals surface area contributed by atoms with Gasteiger partial charge in [-0.15, -0.1) is 0 Å². The standard InChI is InChI=1S/C7H15O6P/c1-11-14(10,12-2)6-3-7(9)13-5-4-8/h8H,3-6H2,1-2H3. The number of aliphatic hydroxyl groups is 1. The lowest BCUT2D eigenvalue weighted by molar-refractivity contribution is -0.144. The third kappa shape index (κ3) is 5.34. The van der Waals surface area contributed by atoms with E-state index in [1.165, 1.54) is 14.2 Å². The molecule has 0 unspecified atom stereocenters. The molecule has 84 valence electrons. The van der Waals surface area contributed by atoms with E-state index < -0.39 is 13.6 Å². The van der Waals surface area contributed by atoms with E-state index in [0.717, 1.165) is 0 Å². The third-order valence-electron chi connectivity index (χ3n) is 1.50. The first-order valence-electron chi connectivity index (χ1n) is 4.05. The molecule has 0 saturated heterocycles. The van der Waals surface area contributed by atoms with Crippen LogP contribution >= 0.6 is 7.60 Å². The number of ether oxygens (including phenoxy) is 1. The summed E-state index contributed by atoms with van der Waals surface area (Å²) in [7, 11) is -0.624. The summed E-state index contributed by atoms with van der Waals surface area (Å²) < 4.78 is 25.2. The minimum absolute atomic E-state index is 0.0235. The van der Waals surface area contributed by atoms with Gasteiger partial charge >= 0.3 is 13.6 Å². The lowest BCUT2D eigenvalue weighted by atomic mass is 10.5. The van der Waals surface area contributed by atoms with Gasteiger partial charge in [0, 0.05) is 14.2 Å². The topological polar surface area (TPSA) is 82.1 Å². The summed E-state index contributed by atoms with van der Waals surface area (Å²) >= 11 is 0. The number of rotatable bonds is 7. The lowest BCUT2D eigenvalue weighted by Crippen LogP contribution is -2.10. The van der Waals surface area contributed by atoms with Crippen molar-refractivity contribution in [2.45, 2.75) is 6.42 Å². The maximum absolute atomic E-state index is 11.4. The SMILES string of the molecule is COP(=O)(CCC(=O)OCCO)OC. The molecule has 14 heavy (non-hydrogen) atoms. The van der Waals surface area contributed by atoms with E-state index in [4.69, 9.17) is 5.11 Å². The van der Waals surface area contributed by atoms with E-state index in [9.17, 15) is 9.36 Å². The number of carbonyl (C=O) groups is 1. The van der Waals surface area contributed by atoms with Crippen LogP contribution in [-0.2, 0) is 23.1 Å². The second-order valence-corrected chi connectivity index (χ2v) is 4.79. The summed E-state index contributed by atoms with van der Waals surface area (Å²) in [6, 6.07) is 0. The number of esters is 1. The smallest absolute Gasteiger partial charge is 0.330 e. The molecule has 6 nitrogen and oxygen atoms in total.